The fourth-order valence-electron chi connectivity index (χ4n) is 1.87. The van der Waals surface area contributed by atoms with Crippen LogP contribution in [0.4, 0.5) is 5.69 Å². The highest BCUT2D eigenvalue weighted by Crippen LogP contribution is 2.20. The molecule has 0 fully saturated rings. The van der Waals surface area contributed by atoms with Crippen molar-refractivity contribution in [2.45, 2.75) is 24.7 Å². The van der Waals surface area contributed by atoms with Crippen molar-refractivity contribution in [2.24, 2.45) is 0 Å². The molecule has 1 N–H and O–H groups in total. The van der Waals surface area contributed by atoms with E-state index in [9.17, 15) is 13.2 Å². The van der Waals surface area contributed by atoms with Crippen LogP contribution in [0.3, 0.4) is 0 Å². The first kappa shape index (κ1) is 15.7. The summed E-state index contributed by atoms with van der Waals surface area (Å²) in [6, 6.07) is 6.75. The van der Waals surface area contributed by atoms with Crippen LogP contribution in [-0.2, 0) is 21.1 Å². The van der Waals surface area contributed by atoms with Crippen LogP contribution in [-0.4, -0.2) is 20.6 Å². The topological polar surface area (TPSA) is 63.2 Å². The molecule has 0 atom stereocenters. The van der Waals surface area contributed by atoms with Gasteiger partial charge in [-0.25, -0.2) is 8.42 Å². The van der Waals surface area contributed by atoms with Crippen molar-refractivity contribution >= 4 is 32.8 Å². The summed E-state index contributed by atoms with van der Waals surface area (Å²) in [5, 5.41) is 6.78. The fourth-order valence-corrected chi connectivity index (χ4v) is 3.22. The third-order valence-electron chi connectivity index (χ3n) is 3.13. The van der Waals surface area contributed by atoms with Gasteiger partial charge in [0, 0.05) is 18.4 Å². The molecule has 6 heteroatoms. The van der Waals surface area contributed by atoms with E-state index in [-0.39, 0.29) is 10.8 Å². The molecule has 2 rings (SSSR count). The van der Waals surface area contributed by atoms with Crippen LogP contribution in [0.2, 0.25) is 0 Å². The SMILES string of the molecule is Cc1ccc(S(C)(=O)=O)cc1NC(=O)CCc1ccsc1. The Hall–Kier alpha value is -1.66. The molecule has 0 bridgehead atoms. The Morgan fingerprint density at radius 2 is 2.05 bits per heavy atom. The van der Waals surface area contributed by atoms with Gasteiger partial charge in [-0.05, 0) is 53.4 Å². The van der Waals surface area contributed by atoms with E-state index in [0.717, 1.165) is 17.4 Å². The van der Waals surface area contributed by atoms with E-state index in [2.05, 4.69) is 5.32 Å². The first-order valence-electron chi connectivity index (χ1n) is 6.48. The van der Waals surface area contributed by atoms with Gasteiger partial charge in [-0.2, -0.15) is 11.3 Å². The molecular weight excluding hydrogens is 306 g/mol. The monoisotopic (exact) mass is 323 g/mol. The van der Waals surface area contributed by atoms with E-state index >= 15 is 0 Å². The zero-order valence-electron chi connectivity index (χ0n) is 11.9. The number of nitrogens with one attached hydrogen (secondary N) is 1. The Morgan fingerprint density at radius 1 is 1.29 bits per heavy atom. The lowest BCUT2D eigenvalue weighted by Crippen LogP contribution is -2.13. The highest BCUT2D eigenvalue weighted by atomic mass is 32.2. The van der Waals surface area contributed by atoms with Gasteiger partial charge in [-0.3, -0.25) is 4.79 Å². The molecule has 112 valence electrons. The molecule has 4 nitrogen and oxygen atoms in total. The van der Waals surface area contributed by atoms with Crippen molar-refractivity contribution in [2.75, 3.05) is 11.6 Å². The smallest absolute Gasteiger partial charge is 0.224 e. The summed E-state index contributed by atoms with van der Waals surface area (Å²) in [5.74, 6) is -0.116. The van der Waals surface area contributed by atoms with Crippen LogP contribution in [0.5, 0.6) is 0 Å². The van der Waals surface area contributed by atoms with Gasteiger partial charge in [0.25, 0.3) is 0 Å². The minimum Gasteiger partial charge on any atom is -0.326 e. The molecule has 0 unspecified atom stereocenters. The first-order valence-corrected chi connectivity index (χ1v) is 9.31. The lowest BCUT2D eigenvalue weighted by atomic mass is 10.1. The third kappa shape index (κ3) is 4.41. The number of hydrogen-bond donors (Lipinski definition) is 1. The normalized spacial score (nSPS) is 11.3. The number of hydrogen-bond acceptors (Lipinski definition) is 4. The van der Waals surface area contributed by atoms with Crippen LogP contribution in [0, 0.1) is 6.92 Å². The Bertz CT molecular complexity index is 734. The van der Waals surface area contributed by atoms with Crippen LogP contribution in [0.1, 0.15) is 17.5 Å². The summed E-state index contributed by atoms with van der Waals surface area (Å²) in [4.78, 5) is 12.2. The number of benzene rings is 1. The van der Waals surface area contributed by atoms with Crippen molar-refractivity contribution in [1.82, 2.24) is 0 Å². The number of amides is 1. The molecule has 0 aliphatic rings. The van der Waals surface area contributed by atoms with Crippen molar-refractivity contribution in [3.8, 4) is 0 Å². The molecule has 1 heterocycles. The van der Waals surface area contributed by atoms with Gasteiger partial charge < -0.3 is 5.32 Å². The van der Waals surface area contributed by atoms with Gasteiger partial charge in [0.2, 0.25) is 5.91 Å². The van der Waals surface area contributed by atoms with E-state index in [1.807, 2.05) is 23.8 Å². The van der Waals surface area contributed by atoms with Gasteiger partial charge in [0.05, 0.1) is 4.90 Å². The molecule has 0 spiro atoms. The summed E-state index contributed by atoms with van der Waals surface area (Å²) in [6.07, 6.45) is 2.21. The molecule has 1 amide bonds. The fraction of sp³-hybridized carbons (Fsp3) is 0.267. The minimum absolute atomic E-state index is 0.116. The second kappa shape index (κ2) is 6.41. The Balaban J connectivity index is 2.06. The van der Waals surface area contributed by atoms with E-state index in [1.165, 1.54) is 6.07 Å². The first-order chi connectivity index (χ1) is 9.86. The maximum Gasteiger partial charge on any atom is 0.224 e. The number of sulfone groups is 1. The summed E-state index contributed by atoms with van der Waals surface area (Å²) in [6.45, 7) is 1.83. The maximum atomic E-state index is 12.0. The quantitative estimate of drug-likeness (QED) is 0.920. The maximum absolute atomic E-state index is 12.0. The van der Waals surface area contributed by atoms with Crippen molar-refractivity contribution in [3.63, 3.8) is 0 Å². The summed E-state index contributed by atoms with van der Waals surface area (Å²) in [5.41, 5.74) is 2.52. The summed E-state index contributed by atoms with van der Waals surface area (Å²) < 4.78 is 23.1. The van der Waals surface area contributed by atoms with E-state index in [4.69, 9.17) is 0 Å². The summed E-state index contributed by atoms with van der Waals surface area (Å²) in [7, 11) is -3.28. The molecule has 21 heavy (non-hydrogen) atoms. The van der Waals surface area contributed by atoms with Crippen molar-refractivity contribution in [1.29, 1.82) is 0 Å². The van der Waals surface area contributed by atoms with Gasteiger partial charge in [-0.1, -0.05) is 6.07 Å². The predicted molar refractivity (Wildman–Crippen MR) is 85.6 cm³/mol. The number of rotatable bonds is 5. The molecule has 2 aromatic rings. The average Bonchev–Trinajstić information content (AvgIpc) is 2.91. The molecule has 1 aromatic heterocycles. The van der Waals surface area contributed by atoms with Crippen LogP contribution < -0.4 is 5.32 Å². The lowest BCUT2D eigenvalue weighted by Gasteiger charge is -2.10. The molecule has 0 aliphatic heterocycles. The number of thiophene rings is 1. The van der Waals surface area contributed by atoms with Crippen molar-refractivity contribution < 1.29 is 13.2 Å². The molecule has 0 radical (unpaired) electrons. The van der Waals surface area contributed by atoms with E-state index in [0.29, 0.717) is 18.5 Å². The van der Waals surface area contributed by atoms with E-state index < -0.39 is 9.84 Å². The Kier molecular flexibility index (Phi) is 4.80. The number of anilines is 1. The molecular formula is C15H17NO3S2. The Labute approximate surface area is 128 Å². The molecule has 0 saturated heterocycles. The van der Waals surface area contributed by atoms with Crippen molar-refractivity contribution in [3.05, 3.63) is 46.2 Å². The zero-order valence-corrected chi connectivity index (χ0v) is 13.6. The standard InChI is InChI=1S/C15H17NO3S2/c1-11-3-5-13(21(2,18)19)9-14(11)16-15(17)6-4-12-7-8-20-10-12/h3,5,7-10H,4,6H2,1-2H3,(H,16,17). The average molecular weight is 323 g/mol. The van der Waals surface area contributed by atoms with Gasteiger partial charge in [0.1, 0.15) is 0 Å². The number of aryl methyl sites for hydroxylation is 2. The van der Waals surface area contributed by atoms with E-state index in [1.54, 1.807) is 23.5 Å². The number of carbonyl (C=O) groups excluding carboxylic acids is 1. The zero-order chi connectivity index (χ0) is 15.5. The van der Waals surface area contributed by atoms with Crippen LogP contribution in [0.15, 0.2) is 39.9 Å². The molecule has 0 saturated carbocycles. The number of carbonyl (C=O) groups is 1. The van der Waals surface area contributed by atoms with Gasteiger partial charge in [0.15, 0.2) is 9.84 Å². The lowest BCUT2D eigenvalue weighted by molar-refractivity contribution is -0.116. The molecule has 0 aliphatic carbocycles. The predicted octanol–water partition coefficient (Wildman–Crippen LogP) is 3.03. The van der Waals surface area contributed by atoms with Crippen LogP contribution in [0.25, 0.3) is 0 Å². The second-order valence-electron chi connectivity index (χ2n) is 4.93. The van der Waals surface area contributed by atoms with Crippen LogP contribution >= 0.6 is 11.3 Å². The molecule has 1 aromatic carbocycles. The van der Waals surface area contributed by atoms with Gasteiger partial charge >= 0.3 is 0 Å². The Morgan fingerprint density at radius 3 is 2.67 bits per heavy atom. The second-order valence-corrected chi connectivity index (χ2v) is 7.72. The third-order valence-corrected chi connectivity index (χ3v) is 4.97. The summed E-state index contributed by atoms with van der Waals surface area (Å²) >= 11 is 1.60. The minimum atomic E-state index is -3.28. The van der Waals surface area contributed by atoms with Gasteiger partial charge in [-0.15, -0.1) is 0 Å². The largest absolute Gasteiger partial charge is 0.326 e. The highest BCUT2D eigenvalue weighted by molar-refractivity contribution is 7.90. The highest BCUT2D eigenvalue weighted by Gasteiger charge is 2.11.